The molecule has 0 fully saturated rings. The Morgan fingerprint density at radius 2 is 2.00 bits per heavy atom. The Balaban J connectivity index is 2.49. The molecule has 1 rings (SSSR count). The lowest BCUT2D eigenvalue weighted by atomic mass is 10.2. The molecule has 1 aromatic rings. The van der Waals surface area contributed by atoms with Crippen molar-refractivity contribution in [3.8, 4) is 0 Å². The average molecular weight is 209 g/mol. The van der Waals surface area contributed by atoms with Crippen molar-refractivity contribution in [2.24, 2.45) is 5.16 Å². The Hall–Kier alpha value is -0.960. The molecule has 0 amide bonds. The van der Waals surface area contributed by atoms with Gasteiger partial charge in [-0.25, -0.2) is 0 Å². The molecule has 0 unspecified atom stereocenters. The van der Waals surface area contributed by atoms with E-state index in [9.17, 15) is 0 Å². The molecule has 1 aromatic carbocycles. The van der Waals surface area contributed by atoms with E-state index < -0.39 is 0 Å². The number of hydrogen-bond donors (Lipinski definition) is 1. The van der Waals surface area contributed by atoms with Gasteiger partial charge in [-0.05, 0) is 19.4 Å². The zero-order valence-corrected chi connectivity index (χ0v) is 9.29. The van der Waals surface area contributed by atoms with E-state index in [-0.39, 0.29) is 4.75 Å². The third-order valence-corrected chi connectivity index (χ3v) is 3.15. The Morgan fingerprint density at radius 1 is 1.36 bits per heavy atom. The summed E-state index contributed by atoms with van der Waals surface area (Å²) in [7, 11) is 0. The van der Waals surface area contributed by atoms with Crippen LogP contribution in [0.4, 0.5) is 0 Å². The van der Waals surface area contributed by atoms with E-state index in [2.05, 4.69) is 17.3 Å². The van der Waals surface area contributed by atoms with Crippen molar-refractivity contribution in [3.05, 3.63) is 35.9 Å². The van der Waals surface area contributed by atoms with Crippen LogP contribution in [0.15, 0.2) is 35.5 Å². The van der Waals surface area contributed by atoms with Gasteiger partial charge in [-0.2, -0.15) is 0 Å². The quantitative estimate of drug-likeness (QED) is 0.469. The van der Waals surface area contributed by atoms with Gasteiger partial charge in [0.1, 0.15) is 0 Å². The lowest BCUT2D eigenvalue weighted by Gasteiger charge is -2.17. The first-order valence-corrected chi connectivity index (χ1v) is 5.49. The minimum Gasteiger partial charge on any atom is -0.411 e. The molecule has 0 spiro atoms. The summed E-state index contributed by atoms with van der Waals surface area (Å²) in [5.41, 5.74) is 1.29. The van der Waals surface area contributed by atoms with Crippen LogP contribution in [0, 0.1) is 0 Å². The third kappa shape index (κ3) is 3.83. The first-order valence-electron chi connectivity index (χ1n) is 4.50. The van der Waals surface area contributed by atoms with Crippen molar-refractivity contribution in [1.82, 2.24) is 0 Å². The zero-order chi connectivity index (χ0) is 10.4. The van der Waals surface area contributed by atoms with Crippen LogP contribution in [0.1, 0.15) is 19.4 Å². The highest BCUT2D eigenvalue weighted by Gasteiger charge is 2.15. The van der Waals surface area contributed by atoms with Crippen molar-refractivity contribution in [1.29, 1.82) is 0 Å². The lowest BCUT2D eigenvalue weighted by Crippen LogP contribution is -2.16. The van der Waals surface area contributed by atoms with Gasteiger partial charge in [0.2, 0.25) is 0 Å². The maximum Gasteiger partial charge on any atom is 0.0591 e. The van der Waals surface area contributed by atoms with Crippen LogP contribution in [0.3, 0.4) is 0 Å². The molecule has 76 valence electrons. The summed E-state index contributed by atoms with van der Waals surface area (Å²) in [5, 5.41) is 11.5. The molecule has 0 aromatic heterocycles. The maximum absolute atomic E-state index is 8.46. The molecule has 0 radical (unpaired) electrons. The summed E-state index contributed by atoms with van der Waals surface area (Å²) >= 11 is 1.75. The summed E-state index contributed by atoms with van der Waals surface area (Å²) in [6, 6.07) is 10.3. The largest absolute Gasteiger partial charge is 0.411 e. The second-order valence-electron chi connectivity index (χ2n) is 3.62. The maximum atomic E-state index is 8.46. The normalized spacial score (nSPS) is 12.1. The Morgan fingerprint density at radius 3 is 2.57 bits per heavy atom. The summed E-state index contributed by atoms with van der Waals surface area (Å²) in [5.74, 6) is 0.930. The molecule has 0 saturated heterocycles. The first kappa shape index (κ1) is 11.1. The molecule has 0 aliphatic heterocycles. The van der Waals surface area contributed by atoms with Crippen LogP contribution < -0.4 is 0 Å². The number of thioether (sulfide) groups is 1. The predicted molar refractivity (Wildman–Crippen MR) is 62.1 cm³/mol. The van der Waals surface area contributed by atoms with Gasteiger partial charge >= 0.3 is 0 Å². The summed E-state index contributed by atoms with van der Waals surface area (Å²) < 4.78 is -0.120. The molecule has 2 nitrogen and oxygen atoms in total. The minimum atomic E-state index is -0.120. The highest BCUT2D eigenvalue weighted by molar-refractivity contribution is 8.00. The van der Waals surface area contributed by atoms with Crippen LogP contribution >= 0.6 is 11.8 Å². The number of nitrogens with zero attached hydrogens (tertiary/aromatic N) is 1. The number of benzene rings is 1. The fourth-order valence-corrected chi connectivity index (χ4v) is 1.87. The van der Waals surface area contributed by atoms with Crippen molar-refractivity contribution in [2.45, 2.75) is 24.3 Å². The molecule has 0 saturated carbocycles. The molecule has 3 heteroatoms. The fourth-order valence-electron chi connectivity index (χ4n) is 1.02. The lowest BCUT2D eigenvalue weighted by molar-refractivity contribution is 0.319. The minimum absolute atomic E-state index is 0.120. The van der Waals surface area contributed by atoms with Crippen LogP contribution in [0.5, 0.6) is 0 Å². The average Bonchev–Trinajstić information content (AvgIpc) is 2.17. The molecule has 0 heterocycles. The van der Waals surface area contributed by atoms with Crippen molar-refractivity contribution < 1.29 is 5.21 Å². The van der Waals surface area contributed by atoms with Gasteiger partial charge in [-0.15, -0.1) is 16.9 Å². The molecule has 0 atom stereocenters. The Labute approximate surface area is 89.0 Å². The van der Waals surface area contributed by atoms with Gasteiger partial charge in [0, 0.05) is 10.5 Å². The molecule has 1 N–H and O–H groups in total. The second kappa shape index (κ2) is 5.05. The Kier molecular flexibility index (Phi) is 4.01. The van der Waals surface area contributed by atoms with Crippen LogP contribution in [0.25, 0.3) is 0 Å². The predicted octanol–water partition coefficient (Wildman–Crippen LogP) is 3.16. The first-order chi connectivity index (χ1) is 6.64. The SMILES string of the molecule is CC(C)(/C=N\O)SCc1ccccc1. The van der Waals surface area contributed by atoms with Gasteiger partial charge in [0.25, 0.3) is 0 Å². The van der Waals surface area contributed by atoms with E-state index >= 15 is 0 Å². The third-order valence-electron chi connectivity index (χ3n) is 1.82. The molecular weight excluding hydrogens is 194 g/mol. The van der Waals surface area contributed by atoms with E-state index in [4.69, 9.17) is 5.21 Å². The van der Waals surface area contributed by atoms with Gasteiger partial charge in [0.15, 0.2) is 0 Å². The molecule has 0 aliphatic rings. The highest BCUT2D eigenvalue weighted by atomic mass is 32.2. The van der Waals surface area contributed by atoms with Gasteiger partial charge in [-0.3, -0.25) is 0 Å². The fraction of sp³-hybridized carbons (Fsp3) is 0.364. The van der Waals surface area contributed by atoms with E-state index in [0.717, 1.165) is 5.75 Å². The standard InChI is InChI=1S/C11H15NOS/c1-11(2,9-12-13)14-8-10-6-4-3-5-7-10/h3-7,9,13H,8H2,1-2H3/b12-9-. The molecule has 0 bridgehead atoms. The van der Waals surface area contributed by atoms with Gasteiger partial charge < -0.3 is 5.21 Å². The zero-order valence-electron chi connectivity index (χ0n) is 8.47. The van der Waals surface area contributed by atoms with Crippen LogP contribution in [0.2, 0.25) is 0 Å². The van der Waals surface area contributed by atoms with E-state index in [1.807, 2.05) is 32.0 Å². The van der Waals surface area contributed by atoms with Gasteiger partial charge in [0.05, 0.1) is 6.21 Å². The van der Waals surface area contributed by atoms with Crippen molar-refractivity contribution in [3.63, 3.8) is 0 Å². The summed E-state index contributed by atoms with van der Waals surface area (Å²) in [6.07, 6.45) is 1.56. The second-order valence-corrected chi connectivity index (χ2v) is 5.25. The highest BCUT2D eigenvalue weighted by Crippen LogP contribution is 2.26. The van der Waals surface area contributed by atoms with E-state index in [1.54, 1.807) is 18.0 Å². The van der Waals surface area contributed by atoms with Crippen molar-refractivity contribution in [2.75, 3.05) is 0 Å². The van der Waals surface area contributed by atoms with Crippen LogP contribution in [-0.4, -0.2) is 16.2 Å². The van der Waals surface area contributed by atoms with Gasteiger partial charge in [-0.1, -0.05) is 30.3 Å². The number of rotatable bonds is 4. The van der Waals surface area contributed by atoms with E-state index in [0.29, 0.717) is 0 Å². The monoisotopic (exact) mass is 209 g/mol. The van der Waals surface area contributed by atoms with E-state index in [1.165, 1.54) is 5.56 Å². The summed E-state index contributed by atoms with van der Waals surface area (Å²) in [6.45, 7) is 4.06. The smallest absolute Gasteiger partial charge is 0.0591 e. The number of oxime groups is 1. The Bertz CT molecular complexity index is 295. The molecule has 0 aliphatic carbocycles. The number of hydrogen-bond acceptors (Lipinski definition) is 3. The topological polar surface area (TPSA) is 32.6 Å². The molecule has 14 heavy (non-hydrogen) atoms. The van der Waals surface area contributed by atoms with Crippen molar-refractivity contribution >= 4 is 18.0 Å². The summed E-state index contributed by atoms with van der Waals surface area (Å²) in [4.78, 5) is 0. The van der Waals surface area contributed by atoms with Crippen LogP contribution in [-0.2, 0) is 5.75 Å². The molecular formula is C11H15NOS.